The lowest BCUT2D eigenvalue weighted by molar-refractivity contribution is 0.517. The summed E-state index contributed by atoms with van der Waals surface area (Å²) in [5.41, 5.74) is 0.921. The van der Waals surface area contributed by atoms with E-state index < -0.39 is 0 Å². The minimum Gasteiger partial charge on any atom is -0.276 e. The zero-order valence-corrected chi connectivity index (χ0v) is 14.0. The summed E-state index contributed by atoms with van der Waals surface area (Å²) in [6.07, 6.45) is 0. The highest BCUT2D eigenvalue weighted by atomic mass is 19.1. The van der Waals surface area contributed by atoms with Crippen molar-refractivity contribution >= 4 is 16.7 Å². The average molecular weight is 336 g/mol. The first-order valence-electron chi connectivity index (χ1n) is 8.19. The normalized spacial score (nSPS) is 11.7. The molecule has 0 bridgehead atoms. The molecule has 2 aromatic carbocycles. The lowest BCUT2D eigenvalue weighted by Gasteiger charge is -2.13. The fourth-order valence-corrected chi connectivity index (χ4v) is 3.11. The Morgan fingerprint density at radius 2 is 1.76 bits per heavy atom. The molecule has 2 aromatic heterocycles. The Balaban J connectivity index is 2.17. The van der Waals surface area contributed by atoms with Crippen LogP contribution in [-0.4, -0.2) is 19.2 Å². The van der Waals surface area contributed by atoms with Gasteiger partial charge in [0.2, 0.25) is 5.78 Å². The predicted octanol–water partition coefficient (Wildman–Crippen LogP) is 3.51. The van der Waals surface area contributed by atoms with Crippen LogP contribution < -0.4 is 5.56 Å². The van der Waals surface area contributed by atoms with E-state index in [2.05, 4.69) is 10.2 Å². The highest BCUT2D eigenvalue weighted by Gasteiger charge is 2.19. The number of aromatic nitrogens is 4. The summed E-state index contributed by atoms with van der Waals surface area (Å²) in [5, 5.41) is 8.97. The Kier molecular flexibility index (Phi) is 3.60. The minimum absolute atomic E-state index is 0.107. The number of hydrogen-bond donors (Lipinski definition) is 0. The van der Waals surface area contributed by atoms with Crippen molar-refractivity contribution in [2.45, 2.75) is 20.4 Å². The summed E-state index contributed by atoms with van der Waals surface area (Å²) in [5.74, 6) is 0.705. The third-order valence-corrected chi connectivity index (χ3v) is 4.17. The maximum absolute atomic E-state index is 14.3. The van der Waals surface area contributed by atoms with Crippen LogP contribution in [0, 0.1) is 11.7 Å². The third-order valence-electron chi connectivity index (χ3n) is 4.17. The summed E-state index contributed by atoms with van der Waals surface area (Å²) >= 11 is 0. The first-order valence-corrected chi connectivity index (χ1v) is 8.19. The van der Waals surface area contributed by atoms with Gasteiger partial charge in [-0.3, -0.25) is 13.8 Å². The van der Waals surface area contributed by atoms with E-state index in [0.717, 1.165) is 0 Å². The minimum atomic E-state index is -0.373. The molecule has 0 spiro atoms. The summed E-state index contributed by atoms with van der Waals surface area (Å²) in [6.45, 7) is 4.58. The molecule has 2 heterocycles. The highest BCUT2D eigenvalue weighted by Crippen LogP contribution is 2.24. The van der Waals surface area contributed by atoms with Crippen LogP contribution in [-0.2, 0) is 6.54 Å². The van der Waals surface area contributed by atoms with Crippen LogP contribution in [0.15, 0.2) is 53.3 Å². The molecular formula is C19H17FN4O. The zero-order valence-electron chi connectivity index (χ0n) is 14.0. The van der Waals surface area contributed by atoms with Gasteiger partial charge in [-0.2, -0.15) is 0 Å². The van der Waals surface area contributed by atoms with E-state index in [-0.39, 0.29) is 17.3 Å². The van der Waals surface area contributed by atoms with Crippen LogP contribution in [0.5, 0.6) is 0 Å². The molecule has 6 heteroatoms. The molecule has 0 amide bonds. The largest absolute Gasteiger partial charge is 0.276 e. The van der Waals surface area contributed by atoms with Crippen LogP contribution >= 0.6 is 0 Å². The monoisotopic (exact) mass is 336 g/mol. The molecule has 0 aliphatic rings. The second-order valence-corrected chi connectivity index (χ2v) is 6.47. The molecule has 0 aliphatic carbocycles. The topological polar surface area (TPSA) is 52.2 Å². The average Bonchev–Trinajstić information content (AvgIpc) is 3.03. The van der Waals surface area contributed by atoms with Crippen LogP contribution in [0.3, 0.4) is 0 Å². The van der Waals surface area contributed by atoms with Crippen LogP contribution in [0.25, 0.3) is 28.1 Å². The summed E-state index contributed by atoms with van der Waals surface area (Å²) in [7, 11) is 0. The lowest BCUT2D eigenvalue weighted by Crippen LogP contribution is -2.25. The van der Waals surface area contributed by atoms with Gasteiger partial charge in [0.05, 0.1) is 16.5 Å². The lowest BCUT2D eigenvalue weighted by atomic mass is 10.2. The quantitative estimate of drug-likeness (QED) is 0.575. The predicted molar refractivity (Wildman–Crippen MR) is 95.0 cm³/mol. The van der Waals surface area contributed by atoms with E-state index in [0.29, 0.717) is 34.6 Å². The van der Waals surface area contributed by atoms with Crippen molar-refractivity contribution in [3.05, 3.63) is 64.7 Å². The van der Waals surface area contributed by atoms with Gasteiger partial charge in [0.15, 0.2) is 5.82 Å². The highest BCUT2D eigenvalue weighted by molar-refractivity contribution is 5.82. The molecule has 0 aliphatic heterocycles. The second kappa shape index (κ2) is 5.81. The van der Waals surface area contributed by atoms with Crippen LogP contribution in [0.2, 0.25) is 0 Å². The van der Waals surface area contributed by atoms with Crippen molar-refractivity contribution in [3.63, 3.8) is 0 Å². The van der Waals surface area contributed by atoms with Crippen molar-refractivity contribution in [2.24, 2.45) is 5.92 Å². The SMILES string of the molecule is CC(C)Cn1c(=O)c2ccccc2n2c(-c3ccccc3F)nnc12. The number of halogens is 1. The molecule has 0 saturated carbocycles. The number of rotatable bonds is 3. The molecular weight excluding hydrogens is 319 g/mol. The molecule has 0 atom stereocenters. The fourth-order valence-electron chi connectivity index (χ4n) is 3.11. The van der Waals surface area contributed by atoms with Gasteiger partial charge >= 0.3 is 0 Å². The van der Waals surface area contributed by atoms with Crippen molar-refractivity contribution in [1.29, 1.82) is 0 Å². The Morgan fingerprint density at radius 1 is 1.04 bits per heavy atom. The van der Waals surface area contributed by atoms with Gasteiger partial charge in [0.25, 0.3) is 5.56 Å². The van der Waals surface area contributed by atoms with E-state index in [4.69, 9.17) is 0 Å². The van der Waals surface area contributed by atoms with Crippen molar-refractivity contribution in [3.8, 4) is 11.4 Å². The van der Waals surface area contributed by atoms with Gasteiger partial charge < -0.3 is 0 Å². The van der Waals surface area contributed by atoms with Gasteiger partial charge in [-0.1, -0.05) is 38.1 Å². The molecule has 0 N–H and O–H groups in total. The van der Waals surface area contributed by atoms with Gasteiger partial charge in [-0.25, -0.2) is 4.39 Å². The maximum atomic E-state index is 14.3. The van der Waals surface area contributed by atoms with E-state index in [1.165, 1.54) is 6.07 Å². The Morgan fingerprint density at radius 3 is 2.52 bits per heavy atom. The first-order chi connectivity index (χ1) is 12.1. The Hall–Kier alpha value is -3.02. The second-order valence-electron chi connectivity index (χ2n) is 6.47. The third kappa shape index (κ3) is 2.41. The van der Waals surface area contributed by atoms with E-state index in [1.807, 2.05) is 32.0 Å². The standard InChI is InChI=1S/C19H17FN4O/c1-12(2)11-23-18(25)14-8-4-6-10-16(14)24-17(21-22-19(23)24)13-7-3-5-9-15(13)20/h3-10,12H,11H2,1-2H3. The number of hydrogen-bond acceptors (Lipinski definition) is 3. The van der Waals surface area contributed by atoms with Gasteiger partial charge in [0, 0.05) is 6.54 Å². The fraction of sp³-hybridized carbons (Fsp3) is 0.211. The molecule has 4 aromatic rings. The molecule has 4 rings (SSSR count). The van der Waals surface area contributed by atoms with Crippen LogP contribution in [0.4, 0.5) is 4.39 Å². The van der Waals surface area contributed by atoms with E-state index in [1.54, 1.807) is 33.2 Å². The smallest absolute Gasteiger partial charge is 0.262 e. The summed E-state index contributed by atoms with van der Waals surface area (Å²) < 4.78 is 17.7. The number of para-hydroxylation sites is 1. The molecule has 0 radical (unpaired) electrons. The maximum Gasteiger partial charge on any atom is 0.262 e. The van der Waals surface area contributed by atoms with Gasteiger partial charge in [-0.15, -0.1) is 10.2 Å². The first kappa shape index (κ1) is 15.5. The number of fused-ring (bicyclic) bond motifs is 3. The van der Waals surface area contributed by atoms with Crippen molar-refractivity contribution in [1.82, 2.24) is 19.2 Å². The molecule has 0 fully saturated rings. The molecule has 5 nitrogen and oxygen atoms in total. The summed E-state index contributed by atoms with van der Waals surface area (Å²) in [4.78, 5) is 12.9. The molecule has 0 unspecified atom stereocenters. The van der Waals surface area contributed by atoms with Crippen molar-refractivity contribution < 1.29 is 4.39 Å². The Labute approximate surface area is 143 Å². The van der Waals surface area contributed by atoms with E-state index in [9.17, 15) is 9.18 Å². The number of benzene rings is 2. The zero-order chi connectivity index (χ0) is 17.6. The van der Waals surface area contributed by atoms with Crippen LogP contribution in [0.1, 0.15) is 13.8 Å². The van der Waals surface area contributed by atoms with Crippen molar-refractivity contribution in [2.75, 3.05) is 0 Å². The number of nitrogens with zero attached hydrogens (tertiary/aromatic N) is 4. The van der Waals surface area contributed by atoms with Gasteiger partial charge in [-0.05, 0) is 30.2 Å². The molecule has 25 heavy (non-hydrogen) atoms. The summed E-state index contributed by atoms with van der Waals surface area (Å²) in [6, 6.07) is 13.7. The van der Waals surface area contributed by atoms with E-state index >= 15 is 0 Å². The Bertz CT molecular complexity index is 1140. The van der Waals surface area contributed by atoms with Gasteiger partial charge in [0.1, 0.15) is 5.82 Å². The molecule has 0 saturated heterocycles. The molecule has 126 valence electrons.